The van der Waals surface area contributed by atoms with Gasteiger partial charge in [-0.25, -0.2) is 9.59 Å². The summed E-state index contributed by atoms with van der Waals surface area (Å²) in [5, 5.41) is 8.72. The Morgan fingerprint density at radius 2 is 1.27 bits per heavy atom. The van der Waals surface area contributed by atoms with Crippen LogP contribution in [0.15, 0.2) is 48.5 Å². The highest BCUT2D eigenvalue weighted by Crippen LogP contribution is 2.33. The van der Waals surface area contributed by atoms with Crippen molar-refractivity contribution < 1.29 is 28.7 Å². The van der Waals surface area contributed by atoms with Crippen molar-refractivity contribution in [3.8, 4) is 0 Å². The van der Waals surface area contributed by atoms with Gasteiger partial charge < -0.3 is 40.3 Å². The smallest absolute Gasteiger partial charge is 0.317 e. The number of para-hydroxylation sites is 1. The largest absolute Gasteiger partial charge is 0.380 e. The zero-order valence-electron chi connectivity index (χ0n) is 32.0. The van der Waals surface area contributed by atoms with Gasteiger partial charge in [0.1, 0.15) is 0 Å². The molecule has 7 amide bonds. The summed E-state index contributed by atoms with van der Waals surface area (Å²) in [4.78, 5) is 72.0. The Kier molecular flexibility index (Phi) is 18.4. The molecule has 3 N–H and O–H groups in total. The van der Waals surface area contributed by atoms with Gasteiger partial charge in [-0.15, -0.1) is 0 Å². The Morgan fingerprint density at radius 1 is 0.696 bits per heavy atom. The zero-order valence-corrected chi connectivity index (χ0v) is 35.3. The van der Waals surface area contributed by atoms with E-state index < -0.39 is 0 Å². The van der Waals surface area contributed by atoms with E-state index in [1.807, 2.05) is 42.5 Å². The fourth-order valence-corrected chi connectivity index (χ4v) is 10.4. The number of urea groups is 2. The molecule has 5 rings (SSSR count). The Hall–Kier alpha value is -3.51. The SMILES string of the molecule is CC1=Cc2ccccc2CN(C(=O)CCNC(=O)CCOCCC(=O)N(CCNC(=O)N2CCSSCC2)CCNC(=O)N2CCSSCC2)c2ccccc21. The molecule has 2 aromatic carbocycles. The lowest BCUT2D eigenvalue weighted by atomic mass is 9.96. The first-order chi connectivity index (χ1) is 27.3. The normalized spacial score (nSPS) is 15.8. The Labute approximate surface area is 346 Å². The van der Waals surface area contributed by atoms with E-state index in [1.54, 1.807) is 62.8 Å². The van der Waals surface area contributed by atoms with Gasteiger partial charge in [-0.1, -0.05) is 91.7 Å². The second-order valence-electron chi connectivity index (χ2n) is 13.3. The number of nitrogens with one attached hydrogen (secondary N) is 3. The summed E-state index contributed by atoms with van der Waals surface area (Å²) in [6.07, 6.45) is 2.48. The van der Waals surface area contributed by atoms with E-state index in [1.165, 1.54) is 0 Å². The van der Waals surface area contributed by atoms with Crippen LogP contribution >= 0.6 is 43.2 Å². The van der Waals surface area contributed by atoms with Gasteiger partial charge in [0.25, 0.3) is 0 Å². The van der Waals surface area contributed by atoms with Crippen molar-refractivity contribution in [3.63, 3.8) is 0 Å². The van der Waals surface area contributed by atoms with Crippen LogP contribution in [0.25, 0.3) is 11.6 Å². The van der Waals surface area contributed by atoms with Gasteiger partial charge in [0, 0.05) is 100 Å². The molecule has 0 radical (unpaired) electrons. The van der Waals surface area contributed by atoms with Crippen molar-refractivity contribution in [2.75, 3.05) is 100 Å². The lowest BCUT2D eigenvalue weighted by molar-refractivity contribution is -0.132. The van der Waals surface area contributed by atoms with Crippen LogP contribution in [0, 0.1) is 0 Å². The van der Waals surface area contributed by atoms with E-state index in [0.29, 0.717) is 45.8 Å². The number of anilines is 1. The molecule has 0 aromatic heterocycles. The molecule has 2 fully saturated rings. The second kappa shape index (κ2) is 23.7. The predicted octanol–water partition coefficient (Wildman–Crippen LogP) is 5.04. The molecule has 0 bridgehead atoms. The first-order valence-corrected chi connectivity index (χ1v) is 24.1. The molecule has 0 spiro atoms. The van der Waals surface area contributed by atoms with Crippen molar-refractivity contribution >= 4 is 90.3 Å². The summed E-state index contributed by atoms with van der Waals surface area (Å²) >= 11 is 0. The molecule has 3 heterocycles. The molecular formula is C39H53N7O6S4. The van der Waals surface area contributed by atoms with Gasteiger partial charge in [0.05, 0.1) is 31.9 Å². The lowest BCUT2D eigenvalue weighted by Crippen LogP contribution is -2.48. The summed E-state index contributed by atoms with van der Waals surface area (Å²) in [5.74, 6) is 3.01. The van der Waals surface area contributed by atoms with E-state index in [4.69, 9.17) is 4.74 Å². The predicted molar refractivity (Wildman–Crippen MR) is 232 cm³/mol. The zero-order chi connectivity index (χ0) is 39.5. The highest BCUT2D eigenvalue weighted by Gasteiger charge is 2.23. The van der Waals surface area contributed by atoms with Crippen molar-refractivity contribution in [2.24, 2.45) is 0 Å². The second-order valence-corrected chi connectivity index (χ2v) is 18.7. The van der Waals surface area contributed by atoms with Crippen LogP contribution in [0.4, 0.5) is 15.3 Å². The number of nitrogens with zero attached hydrogens (tertiary/aromatic N) is 4. The van der Waals surface area contributed by atoms with Gasteiger partial charge in [-0.05, 0) is 29.7 Å². The minimum Gasteiger partial charge on any atom is -0.380 e. The first kappa shape index (κ1) is 43.6. The molecule has 17 heteroatoms. The van der Waals surface area contributed by atoms with Crippen LogP contribution in [0.3, 0.4) is 0 Å². The van der Waals surface area contributed by atoms with Crippen LogP contribution in [0.2, 0.25) is 0 Å². The monoisotopic (exact) mass is 843 g/mol. The van der Waals surface area contributed by atoms with E-state index in [-0.39, 0.29) is 81.9 Å². The third kappa shape index (κ3) is 13.9. The summed E-state index contributed by atoms with van der Waals surface area (Å²) in [6.45, 7) is 6.80. The Bertz CT molecular complexity index is 1630. The summed E-state index contributed by atoms with van der Waals surface area (Å²) in [5.41, 5.74) is 5.06. The fourth-order valence-electron chi connectivity index (χ4n) is 6.40. The van der Waals surface area contributed by atoms with Crippen molar-refractivity contribution in [1.29, 1.82) is 0 Å². The molecule has 13 nitrogen and oxygen atoms in total. The van der Waals surface area contributed by atoms with E-state index >= 15 is 0 Å². The maximum Gasteiger partial charge on any atom is 0.317 e. The molecular weight excluding hydrogens is 791 g/mol. The van der Waals surface area contributed by atoms with E-state index in [2.05, 4.69) is 35.0 Å². The summed E-state index contributed by atoms with van der Waals surface area (Å²) < 4.78 is 5.67. The molecule has 0 atom stereocenters. The number of benzene rings is 2. The Balaban J connectivity index is 1.03. The number of hydrogen-bond acceptors (Lipinski definition) is 10. The Morgan fingerprint density at radius 3 is 1.91 bits per heavy atom. The third-order valence-corrected chi connectivity index (χ3v) is 14.2. The molecule has 2 saturated heterocycles. The average molecular weight is 844 g/mol. The quantitative estimate of drug-likeness (QED) is 0.165. The van der Waals surface area contributed by atoms with Crippen LogP contribution in [-0.2, 0) is 25.7 Å². The number of rotatable bonds is 15. The van der Waals surface area contributed by atoms with Gasteiger partial charge in [-0.3, -0.25) is 14.4 Å². The van der Waals surface area contributed by atoms with Crippen molar-refractivity contribution in [2.45, 2.75) is 32.7 Å². The minimum absolute atomic E-state index is 0.0824. The molecule has 2 aromatic rings. The number of ether oxygens (including phenoxy) is 1. The summed E-state index contributed by atoms with van der Waals surface area (Å²) in [7, 11) is 7.06. The summed E-state index contributed by atoms with van der Waals surface area (Å²) in [6, 6.07) is 15.7. The molecule has 0 unspecified atom stereocenters. The highest BCUT2D eigenvalue weighted by molar-refractivity contribution is 8.77. The average Bonchev–Trinajstić information content (AvgIpc) is 3.66. The molecule has 3 aliphatic rings. The van der Waals surface area contributed by atoms with Crippen LogP contribution in [0.5, 0.6) is 0 Å². The maximum atomic E-state index is 13.6. The van der Waals surface area contributed by atoms with Gasteiger partial charge in [0.15, 0.2) is 0 Å². The van der Waals surface area contributed by atoms with Gasteiger partial charge in [-0.2, -0.15) is 0 Å². The number of hydrogen-bond donors (Lipinski definition) is 3. The van der Waals surface area contributed by atoms with Crippen LogP contribution in [0.1, 0.15) is 42.9 Å². The molecule has 56 heavy (non-hydrogen) atoms. The van der Waals surface area contributed by atoms with Crippen LogP contribution in [-0.4, -0.2) is 140 Å². The molecule has 304 valence electrons. The van der Waals surface area contributed by atoms with Gasteiger partial charge >= 0.3 is 12.1 Å². The van der Waals surface area contributed by atoms with E-state index in [9.17, 15) is 24.0 Å². The van der Waals surface area contributed by atoms with Crippen LogP contribution < -0.4 is 20.9 Å². The number of carbonyl (C=O) groups excluding carboxylic acids is 5. The molecule has 0 aliphatic carbocycles. The third-order valence-electron chi connectivity index (χ3n) is 9.46. The number of allylic oxidation sites excluding steroid dienone is 1. The number of amides is 7. The topological polar surface area (TPSA) is 144 Å². The maximum absolute atomic E-state index is 13.6. The first-order valence-electron chi connectivity index (χ1n) is 19.1. The number of fused-ring (bicyclic) bond motifs is 2. The van der Waals surface area contributed by atoms with Gasteiger partial charge in [0.2, 0.25) is 17.7 Å². The molecule has 0 saturated carbocycles. The van der Waals surface area contributed by atoms with Crippen molar-refractivity contribution in [1.82, 2.24) is 30.7 Å². The van der Waals surface area contributed by atoms with E-state index in [0.717, 1.165) is 51.0 Å². The number of carbonyl (C=O) groups is 5. The lowest BCUT2D eigenvalue weighted by Gasteiger charge is -2.28. The van der Waals surface area contributed by atoms with Crippen molar-refractivity contribution in [3.05, 3.63) is 65.2 Å². The fraction of sp³-hybridized carbons (Fsp3) is 0.513. The molecule has 3 aliphatic heterocycles. The highest BCUT2D eigenvalue weighted by atomic mass is 33.1. The minimum atomic E-state index is -0.238. The standard InChI is InChI=1S/C39H53N7O6S4/c1-30-28-31-6-2-3-7-32(31)29-46(34-9-5-4-8-33(30)34)37(49)10-13-40-35(47)11-22-52-23-12-36(48)43(16-14-41-38(50)44-18-24-53-54-25-19-44)17-15-42-39(51)45-20-26-55-56-27-21-45/h2-9,28H,10-27,29H2,1H3,(H,40,47)(H,41,50)(H,42,51).